The molecule has 1 saturated carbocycles. The molecule has 1 amide bonds. The van der Waals surface area contributed by atoms with Gasteiger partial charge in [-0.1, -0.05) is 19.4 Å². The predicted molar refractivity (Wildman–Crippen MR) is 47.7 cm³/mol. The number of carbonyl (C=O) groups excluding carboxylic acids is 1. The van der Waals surface area contributed by atoms with E-state index in [1.54, 1.807) is 6.92 Å². The smallest absolute Gasteiger partial charge is 0.249 e. The number of nitrogens with zero attached hydrogens (tertiary/aromatic N) is 1. The van der Waals surface area contributed by atoms with Crippen molar-refractivity contribution in [1.82, 2.24) is 4.90 Å². The monoisotopic (exact) mass is 165 g/mol. The molecule has 2 rings (SSSR count). The number of hydrogen-bond donors (Lipinski definition) is 0. The molecule has 2 aliphatic rings. The highest BCUT2D eigenvalue weighted by Crippen LogP contribution is 2.40. The minimum Gasteiger partial charge on any atom is -0.329 e. The summed E-state index contributed by atoms with van der Waals surface area (Å²) >= 11 is 0. The van der Waals surface area contributed by atoms with Crippen LogP contribution in [-0.4, -0.2) is 22.9 Å². The maximum Gasteiger partial charge on any atom is 0.249 e. The largest absolute Gasteiger partial charge is 0.329 e. The van der Waals surface area contributed by atoms with Gasteiger partial charge in [0.2, 0.25) is 5.91 Å². The van der Waals surface area contributed by atoms with E-state index in [1.165, 1.54) is 25.7 Å². The fraction of sp³-hybridized carbons (Fsp3) is 0.700. The standard InChI is InChI=1S/C10H15NO/c1-7(2)10(12)11-8-5-3-4-6-9(8)11/h8-9H,1,3-6H2,2H3. The van der Waals surface area contributed by atoms with Crippen LogP contribution < -0.4 is 0 Å². The van der Waals surface area contributed by atoms with E-state index < -0.39 is 0 Å². The van der Waals surface area contributed by atoms with Crippen LogP contribution in [0, 0.1) is 0 Å². The average Bonchev–Trinajstić information content (AvgIpc) is 2.76. The Bertz CT molecular complexity index is 222. The average molecular weight is 165 g/mol. The van der Waals surface area contributed by atoms with Crippen molar-refractivity contribution in [1.29, 1.82) is 0 Å². The Morgan fingerprint density at radius 2 is 1.83 bits per heavy atom. The molecule has 0 aromatic carbocycles. The van der Waals surface area contributed by atoms with Gasteiger partial charge in [-0.25, -0.2) is 0 Å². The van der Waals surface area contributed by atoms with Gasteiger partial charge in [0.05, 0.1) is 12.1 Å². The summed E-state index contributed by atoms with van der Waals surface area (Å²) in [7, 11) is 0. The third-order valence-electron chi connectivity index (χ3n) is 2.92. The molecule has 1 saturated heterocycles. The van der Waals surface area contributed by atoms with E-state index in [0.29, 0.717) is 17.7 Å². The molecular formula is C10H15NO. The first-order valence-corrected chi connectivity index (χ1v) is 4.70. The molecule has 0 radical (unpaired) electrons. The first kappa shape index (κ1) is 7.84. The first-order chi connectivity index (χ1) is 5.72. The van der Waals surface area contributed by atoms with Crippen LogP contribution in [0.3, 0.4) is 0 Å². The molecule has 0 aromatic heterocycles. The van der Waals surface area contributed by atoms with E-state index in [0.717, 1.165) is 0 Å². The van der Waals surface area contributed by atoms with Gasteiger partial charge in [-0.3, -0.25) is 4.79 Å². The van der Waals surface area contributed by atoms with E-state index in [-0.39, 0.29) is 5.91 Å². The van der Waals surface area contributed by atoms with Gasteiger partial charge in [0.1, 0.15) is 0 Å². The van der Waals surface area contributed by atoms with E-state index in [9.17, 15) is 4.79 Å². The molecule has 1 aliphatic carbocycles. The van der Waals surface area contributed by atoms with Crippen molar-refractivity contribution in [3.05, 3.63) is 12.2 Å². The molecule has 1 heterocycles. The second-order valence-corrected chi connectivity index (χ2v) is 3.91. The van der Waals surface area contributed by atoms with E-state index in [1.807, 2.05) is 4.90 Å². The second-order valence-electron chi connectivity index (χ2n) is 3.91. The van der Waals surface area contributed by atoms with E-state index in [2.05, 4.69) is 6.58 Å². The first-order valence-electron chi connectivity index (χ1n) is 4.70. The minimum absolute atomic E-state index is 0.173. The highest BCUT2D eigenvalue weighted by molar-refractivity contribution is 5.94. The molecule has 2 atom stereocenters. The van der Waals surface area contributed by atoms with Crippen LogP contribution in [0.25, 0.3) is 0 Å². The van der Waals surface area contributed by atoms with E-state index >= 15 is 0 Å². The summed E-state index contributed by atoms with van der Waals surface area (Å²) in [5, 5.41) is 0. The van der Waals surface area contributed by atoms with Crippen LogP contribution in [0.4, 0.5) is 0 Å². The molecule has 0 spiro atoms. The van der Waals surface area contributed by atoms with Gasteiger partial charge in [0, 0.05) is 5.57 Å². The van der Waals surface area contributed by atoms with Crippen LogP contribution >= 0.6 is 0 Å². The van der Waals surface area contributed by atoms with Crippen LogP contribution in [0.2, 0.25) is 0 Å². The van der Waals surface area contributed by atoms with Crippen LogP contribution in [0.1, 0.15) is 32.6 Å². The van der Waals surface area contributed by atoms with Gasteiger partial charge in [-0.15, -0.1) is 0 Å². The van der Waals surface area contributed by atoms with E-state index in [4.69, 9.17) is 0 Å². The van der Waals surface area contributed by atoms with Crippen LogP contribution in [-0.2, 0) is 4.79 Å². The lowest BCUT2D eigenvalue weighted by molar-refractivity contribution is -0.122. The van der Waals surface area contributed by atoms with Gasteiger partial charge >= 0.3 is 0 Å². The van der Waals surface area contributed by atoms with Gasteiger partial charge in [0.25, 0.3) is 0 Å². The number of fused-ring (bicyclic) bond motifs is 1. The Morgan fingerprint density at radius 1 is 1.33 bits per heavy atom. The predicted octanol–water partition coefficient (Wildman–Crippen LogP) is 1.72. The quantitative estimate of drug-likeness (QED) is 0.428. The summed E-state index contributed by atoms with van der Waals surface area (Å²) < 4.78 is 0. The highest BCUT2D eigenvalue weighted by atomic mass is 16.2. The molecular weight excluding hydrogens is 150 g/mol. The molecule has 2 heteroatoms. The van der Waals surface area contributed by atoms with Crippen molar-refractivity contribution in [2.75, 3.05) is 0 Å². The van der Waals surface area contributed by atoms with Gasteiger partial charge in [-0.2, -0.15) is 0 Å². The Kier molecular flexibility index (Phi) is 1.71. The molecule has 0 N–H and O–H groups in total. The molecule has 1 aliphatic heterocycles. The van der Waals surface area contributed by atoms with Crippen molar-refractivity contribution in [3.8, 4) is 0 Å². The number of amides is 1. The Hall–Kier alpha value is -0.790. The fourth-order valence-electron chi connectivity index (χ4n) is 2.23. The lowest BCUT2D eigenvalue weighted by Crippen LogP contribution is -2.14. The molecule has 0 bridgehead atoms. The molecule has 2 unspecified atom stereocenters. The molecule has 2 fully saturated rings. The number of rotatable bonds is 1. The van der Waals surface area contributed by atoms with Gasteiger partial charge in [0.15, 0.2) is 0 Å². The zero-order chi connectivity index (χ0) is 8.72. The SMILES string of the molecule is C=C(C)C(=O)N1C2CCCCC21. The maximum absolute atomic E-state index is 11.5. The second kappa shape index (κ2) is 2.61. The molecule has 12 heavy (non-hydrogen) atoms. The Labute approximate surface area is 73.2 Å². The third kappa shape index (κ3) is 1.06. The van der Waals surface area contributed by atoms with Crippen molar-refractivity contribution < 1.29 is 4.79 Å². The van der Waals surface area contributed by atoms with Crippen molar-refractivity contribution in [2.45, 2.75) is 44.7 Å². The summed E-state index contributed by atoms with van der Waals surface area (Å²) in [6.45, 7) is 5.48. The fourth-order valence-corrected chi connectivity index (χ4v) is 2.23. The molecule has 0 aromatic rings. The Balaban J connectivity index is 2.00. The summed E-state index contributed by atoms with van der Waals surface area (Å²) in [5.41, 5.74) is 0.685. The maximum atomic E-state index is 11.5. The lowest BCUT2D eigenvalue weighted by Gasteiger charge is -2.01. The highest BCUT2D eigenvalue weighted by Gasteiger charge is 2.50. The topological polar surface area (TPSA) is 20.1 Å². The Morgan fingerprint density at radius 3 is 2.25 bits per heavy atom. The zero-order valence-electron chi connectivity index (χ0n) is 7.55. The molecule has 2 nitrogen and oxygen atoms in total. The zero-order valence-corrected chi connectivity index (χ0v) is 7.55. The number of hydrogen-bond acceptors (Lipinski definition) is 1. The summed E-state index contributed by atoms with van der Waals surface area (Å²) in [4.78, 5) is 13.5. The number of carbonyl (C=O) groups is 1. The normalized spacial score (nSPS) is 32.6. The van der Waals surface area contributed by atoms with Gasteiger partial charge in [-0.05, 0) is 19.8 Å². The van der Waals surface area contributed by atoms with Crippen molar-refractivity contribution in [2.24, 2.45) is 0 Å². The number of likely N-dealkylation sites (tertiary alicyclic amines) is 1. The third-order valence-corrected chi connectivity index (χ3v) is 2.92. The summed E-state index contributed by atoms with van der Waals surface area (Å²) in [5.74, 6) is 0.173. The van der Waals surface area contributed by atoms with Crippen molar-refractivity contribution in [3.63, 3.8) is 0 Å². The van der Waals surface area contributed by atoms with Crippen molar-refractivity contribution >= 4 is 5.91 Å². The van der Waals surface area contributed by atoms with Crippen LogP contribution in [0.15, 0.2) is 12.2 Å². The minimum atomic E-state index is 0.173. The summed E-state index contributed by atoms with van der Waals surface area (Å²) in [6.07, 6.45) is 5.01. The van der Waals surface area contributed by atoms with Gasteiger partial charge < -0.3 is 4.90 Å². The van der Waals surface area contributed by atoms with Crippen LogP contribution in [0.5, 0.6) is 0 Å². The molecule has 66 valence electrons. The summed E-state index contributed by atoms with van der Waals surface area (Å²) in [6, 6.07) is 1.14. The lowest BCUT2D eigenvalue weighted by atomic mass is 10.0.